The topological polar surface area (TPSA) is 61.4 Å². The predicted molar refractivity (Wildman–Crippen MR) is 52.5 cm³/mol. The zero-order valence-corrected chi connectivity index (χ0v) is 8.68. The summed E-state index contributed by atoms with van der Waals surface area (Å²) in [5, 5.41) is 14.5. The SMILES string of the molecule is CCNCC(=O)NC(C)(C)CCO. The second kappa shape index (κ2) is 5.94. The van der Waals surface area contributed by atoms with Crippen molar-refractivity contribution in [2.75, 3.05) is 19.7 Å². The fraction of sp³-hybridized carbons (Fsp3) is 0.889. The number of nitrogens with one attached hydrogen (secondary N) is 2. The van der Waals surface area contributed by atoms with Crippen LogP contribution in [0.25, 0.3) is 0 Å². The Morgan fingerprint density at radius 3 is 2.54 bits per heavy atom. The van der Waals surface area contributed by atoms with Crippen molar-refractivity contribution in [3.05, 3.63) is 0 Å². The Hall–Kier alpha value is -0.610. The van der Waals surface area contributed by atoms with Gasteiger partial charge in [0.05, 0.1) is 6.54 Å². The Morgan fingerprint density at radius 1 is 1.46 bits per heavy atom. The maximum atomic E-state index is 11.2. The van der Waals surface area contributed by atoms with E-state index in [1.54, 1.807) is 0 Å². The first-order valence-corrected chi connectivity index (χ1v) is 4.64. The highest BCUT2D eigenvalue weighted by atomic mass is 16.3. The quantitative estimate of drug-likeness (QED) is 0.544. The number of hydrogen-bond donors (Lipinski definition) is 3. The van der Waals surface area contributed by atoms with Gasteiger partial charge in [-0.3, -0.25) is 4.79 Å². The summed E-state index contributed by atoms with van der Waals surface area (Å²) in [5.74, 6) is -0.0275. The van der Waals surface area contributed by atoms with Gasteiger partial charge in [0.25, 0.3) is 0 Å². The van der Waals surface area contributed by atoms with Crippen molar-refractivity contribution in [2.24, 2.45) is 0 Å². The molecule has 3 N–H and O–H groups in total. The lowest BCUT2D eigenvalue weighted by molar-refractivity contribution is -0.121. The van der Waals surface area contributed by atoms with E-state index >= 15 is 0 Å². The summed E-state index contributed by atoms with van der Waals surface area (Å²) in [5.41, 5.74) is -0.318. The van der Waals surface area contributed by atoms with E-state index in [0.29, 0.717) is 13.0 Å². The Balaban J connectivity index is 3.75. The van der Waals surface area contributed by atoms with Crippen LogP contribution in [0.3, 0.4) is 0 Å². The maximum Gasteiger partial charge on any atom is 0.234 e. The number of hydrogen-bond acceptors (Lipinski definition) is 3. The van der Waals surface area contributed by atoms with Gasteiger partial charge in [-0.15, -0.1) is 0 Å². The molecule has 0 heterocycles. The van der Waals surface area contributed by atoms with Crippen LogP contribution in [-0.2, 0) is 4.79 Å². The number of aliphatic hydroxyl groups is 1. The first-order valence-electron chi connectivity index (χ1n) is 4.64. The van der Waals surface area contributed by atoms with E-state index < -0.39 is 0 Å². The third kappa shape index (κ3) is 6.54. The van der Waals surface area contributed by atoms with E-state index in [-0.39, 0.29) is 18.1 Å². The van der Waals surface area contributed by atoms with Gasteiger partial charge in [0.2, 0.25) is 5.91 Å². The summed E-state index contributed by atoms with van der Waals surface area (Å²) in [7, 11) is 0. The van der Waals surface area contributed by atoms with Gasteiger partial charge in [-0.1, -0.05) is 6.92 Å². The molecule has 0 aromatic heterocycles. The highest BCUT2D eigenvalue weighted by molar-refractivity contribution is 5.78. The van der Waals surface area contributed by atoms with Crippen molar-refractivity contribution >= 4 is 5.91 Å². The number of rotatable bonds is 6. The minimum atomic E-state index is -0.318. The Morgan fingerprint density at radius 2 is 2.08 bits per heavy atom. The molecular weight excluding hydrogens is 168 g/mol. The first kappa shape index (κ1) is 12.4. The largest absolute Gasteiger partial charge is 0.396 e. The van der Waals surface area contributed by atoms with E-state index in [9.17, 15) is 4.79 Å². The highest BCUT2D eigenvalue weighted by Gasteiger charge is 2.18. The van der Waals surface area contributed by atoms with Crippen LogP contribution in [0.4, 0.5) is 0 Å². The van der Waals surface area contributed by atoms with Gasteiger partial charge in [-0.2, -0.15) is 0 Å². The van der Waals surface area contributed by atoms with Crippen LogP contribution in [0.15, 0.2) is 0 Å². The Bertz CT molecular complexity index is 158. The molecule has 4 nitrogen and oxygen atoms in total. The predicted octanol–water partition coefficient (Wildman–Crippen LogP) is -0.127. The highest BCUT2D eigenvalue weighted by Crippen LogP contribution is 2.06. The second-order valence-corrected chi connectivity index (χ2v) is 3.69. The Kier molecular flexibility index (Phi) is 5.66. The smallest absolute Gasteiger partial charge is 0.234 e. The molecule has 0 aliphatic heterocycles. The number of likely N-dealkylation sites (N-methyl/N-ethyl adjacent to an activating group) is 1. The number of amides is 1. The average Bonchev–Trinajstić information content (AvgIpc) is 1.99. The van der Waals surface area contributed by atoms with E-state index in [0.717, 1.165) is 6.54 Å². The first-order chi connectivity index (χ1) is 6.02. The minimum Gasteiger partial charge on any atom is -0.396 e. The van der Waals surface area contributed by atoms with Crippen molar-refractivity contribution in [2.45, 2.75) is 32.7 Å². The van der Waals surface area contributed by atoms with Crippen LogP contribution in [0.2, 0.25) is 0 Å². The number of carbonyl (C=O) groups excluding carboxylic acids is 1. The fourth-order valence-corrected chi connectivity index (χ4v) is 1.00. The van der Waals surface area contributed by atoms with Crippen molar-refractivity contribution in [1.82, 2.24) is 10.6 Å². The fourth-order valence-electron chi connectivity index (χ4n) is 1.00. The molecule has 0 saturated carbocycles. The van der Waals surface area contributed by atoms with Gasteiger partial charge in [-0.05, 0) is 26.8 Å². The molecule has 0 unspecified atom stereocenters. The molecule has 0 aliphatic rings. The normalized spacial score (nSPS) is 11.4. The molecule has 0 bridgehead atoms. The summed E-state index contributed by atoms with van der Waals surface area (Å²) >= 11 is 0. The molecule has 0 aliphatic carbocycles. The molecule has 78 valence electrons. The summed E-state index contributed by atoms with van der Waals surface area (Å²) in [4.78, 5) is 11.2. The molecule has 0 aromatic carbocycles. The molecule has 0 spiro atoms. The van der Waals surface area contributed by atoms with Crippen LogP contribution in [0, 0.1) is 0 Å². The molecule has 0 fully saturated rings. The van der Waals surface area contributed by atoms with Crippen LogP contribution < -0.4 is 10.6 Å². The van der Waals surface area contributed by atoms with Gasteiger partial charge in [0.15, 0.2) is 0 Å². The van der Waals surface area contributed by atoms with E-state index in [2.05, 4.69) is 10.6 Å². The van der Waals surface area contributed by atoms with Gasteiger partial charge in [-0.25, -0.2) is 0 Å². The van der Waals surface area contributed by atoms with Crippen LogP contribution in [0.1, 0.15) is 27.2 Å². The zero-order valence-electron chi connectivity index (χ0n) is 8.68. The van der Waals surface area contributed by atoms with Crippen molar-refractivity contribution in [1.29, 1.82) is 0 Å². The van der Waals surface area contributed by atoms with Crippen molar-refractivity contribution in [3.63, 3.8) is 0 Å². The van der Waals surface area contributed by atoms with Crippen LogP contribution in [-0.4, -0.2) is 36.2 Å². The van der Waals surface area contributed by atoms with E-state index in [4.69, 9.17) is 5.11 Å². The van der Waals surface area contributed by atoms with E-state index in [1.807, 2.05) is 20.8 Å². The summed E-state index contributed by atoms with van der Waals surface area (Å²) in [6.45, 7) is 6.96. The molecule has 0 rings (SSSR count). The number of carbonyl (C=O) groups is 1. The molecule has 1 amide bonds. The van der Waals surface area contributed by atoms with Crippen LogP contribution in [0.5, 0.6) is 0 Å². The molecule has 13 heavy (non-hydrogen) atoms. The monoisotopic (exact) mass is 188 g/mol. The van der Waals surface area contributed by atoms with Gasteiger partial charge in [0.1, 0.15) is 0 Å². The lowest BCUT2D eigenvalue weighted by Gasteiger charge is -2.25. The van der Waals surface area contributed by atoms with Gasteiger partial charge < -0.3 is 15.7 Å². The molecule has 0 aromatic rings. The lowest BCUT2D eigenvalue weighted by atomic mass is 10.0. The standard InChI is InChI=1S/C9H20N2O2/c1-4-10-7-8(13)11-9(2,3)5-6-12/h10,12H,4-7H2,1-3H3,(H,11,13). The summed E-state index contributed by atoms with van der Waals surface area (Å²) in [6.07, 6.45) is 0.574. The molecular formula is C9H20N2O2. The summed E-state index contributed by atoms with van der Waals surface area (Å²) < 4.78 is 0. The minimum absolute atomic E-state index is 0.0275. The third-order valence-electron chi connectivity index (χ3n) is 1.75. The molecule has 4 heteroatoms. The molecule has 0 atom stereocenters. The molecule has 0 saturated heterocycles. The van der Waals surface area contributed by atoms with E-state index in [1.165, 1.54) is 0 Å². The average molecular weight is 188 g/mol. The van der Waals surface area contributed by atoms with Gasteiger partial charge in [0, 0.05) is 12.1 Å². The Labute approximate surface area is 79.7 Å². The summed E-state index contributed by atoms with van der Waals surface area (Å²) in [6, 6.07) is 0. The van der Waals surface area contributed by atoms with Crippen molar-refractivity contribution < 1.29 is 9.90 Å². The second-order valence-electron chi connectivity index (χ2n) is 3.69. The third-order valence-corrected chi connectivity index (χ3v) is 1.75. The van der Waals surface area contributed by atoms with Crippen molar-refractivity contribution in [3.8, 4) is 0 Å². The zero-order chi connectivity index (χ0) is 10.3. The maximum absolute atomic E-state index is 11.2. The lowest BCUT2D eigenvalue weighted by Crippen LogP contribution is -2.47. The van der Waals surface area contributed by atoms with Crippen LogP contribution >= 0.6 is 0 Å². The number of aliphatic hydroxyl groups excluding tert-OH is 1. The van der Waals surface area contributed by atoms with Gasteiger partial charge >= 0.3 is 0 Å². The molecule has 0 radical (unpaired) electrons.